The van der Waals surface area contributed by atoms with E-state index in [0.29, 0.717) is 23.5 Å². The minimum Gasteiger partial charge on any atom is -0.462 e. The van der Waals surface area contributed by atoms with Gasteiger partial charge in [-0.05, 0) is 37.1 Å². The highest BCUT2D eigenvalue weighted by molar-refractivity contribution is 6.05. The van der Waals surface area contributed by atoms with Crippen LogP contribution in [0.1, 0.15) is 34.2 Å². The maximum Gasteiger partial charge on any atom is 0.342 e. The summed E-state index contributed by atoms with van der Waals surface area (Å²) in [6.45, 7) is 3.92. The smallest absolute Gasteiger partial charge is 0.342 e. The molecule has 0 fully saturated rings. The first kappa shape index (κ1) is 15.1. The lowest BCUT2D eigenvalue weighted by atomic mass is 10.1. The molecule has 0 aliphatic heterocycles. The molecule has 116 valence electrons. The van der Waals surface area contributed by atoms with E-state index in [1.807, 2.05) is 60.7 Å². The highest BCUT2D eigenvalue weighted by atomic mass is 16.5. The van der Waals surface area contributed by atoms with Crippen LogP contribution in [0.3, 0.4) is 0 Å². The van der Waals surface area contributed by atoms with Crippen LogP contribution in [-0.4, -0.2) is 12.6 Å². The number of aryl methyl sites for hydroxylation is 1. The summed E-state index contributed by atoms with van der Waals surface area (Å²) in [6, 6.07) is 15.9. The van der Waals surface area contributed by atoms with E-state index in [-0.39, 0.29) is 5.97 Å². The van der Waals surface area contributed by atoms with Crippen LogP contribution in [0.2, 0.25) is 0 Å². The molecule has 1 heterocycles. The zero-order chi connectivity index (χ0) is 16.2. The molecule has 0 amide bonds. The predicted octanol–water partition coefficient (Wildman–Crippen LogP) is 5.09. The van der Waals surface area contributed by atoms with Crippen molar-refractivity contribution in [3.05, 3.63) is 71.0 Å². The first-order valence-electron chi connectivity index (χ1n) is 7.62. The third-order valence-electron chi connectivity index (χ3n) is 3.64. The van der Waals surface area contributed by atoms with Crippen molar-refractivity contribution in [3.63, 3.8) is 0 Å². The number of hydrogen-bond donors (Lipinski definition) is 0. The van der Waals surface area contributed by atoms with Gasteiger partial charge in [-0.25, -0.2) is 4.79 Å². The van der Waals surface area contributed by atoms with E-state index in [9.17, 15) is 4.79 Å². The van der Waals surface area contributed by atoms with E-state index >= 15 is 0 Å². The summed E-state index contributed by atoms with van der Waals surface area (Å²) in [6.07, 6.45) is 4.06. The minimum atomic E-state index is -0.340. The number of carbonyl (C=O) groups excluding carboxylic acids is 1. The molecule has 1 aromatic heterocycles. The quantitative estimate of drug-likeness (QED) is 0.498. The molecule has 23 heavy (non-hydrogen) atoms. The highest BCUT2D eigenvalue weighted by Gasteiger charge is 2.19. The molecule has 0 saturated heterocycles. The topological polar surface area (TPSA) is 39.4 Å². The van der Waals surface area contributed by atoms with E-state index in [1.54, 1.807) is 13.8 Å². The van der Waals surface area contributed by atoms with Crippen LogP contribution in [-0.2, 0) is 4.74 Å². The second-order valence-electron chi connectivity index (χ2n) is 5.25. The molecule has 3 aromatic rings. The summed E-state index contributed by atoms with van der Waals surface area (Å²) < 4.78 is 10.8. The summed E-state index contributed by atoms with van der Waals surface area (Å²) in [5, 5.41) is 0.788. The predicted molar refractivity (Wildman–Crippen MR) is 92.3 cm³/mol. The van der Waals surface area contributed by atoms with Crippen molar-refractivity contribution in [2.24, 2.45) is 0 Å². The van der Waals surface area contributed by atoms with Crippen molar-refractivity contribution >= 4 is 29.1 Å². The van der Waals surface area contributed by atoms with Crippen molar-refractivity contribution in [1.29, 1.82) is 0 Å². The van der Waals surface area contributed by atoms with Gasteiger partial charge in [-0.1, -0.05) is 48.6 Å². The molecule has 0 radical (unpaired) electrons. The highest BCUT2D eigenvalue weighted by Crippen LogP contribution is 2.28. The molecule has 2 aromatic carbocycles. The average molecular weight is 306 g/mol. The molecule has 0 atom stereocenters. The second kappa shape index (κ2) is 6.53. The SMILES string of the molecule is CCOC(=O)c1c(C)oc2ccc(/C=C/c3ccccc3)cc12. The lowest BCUT2D eigenvalue weighted by Gasteiger charge is -2.01. The molecule has 0 saturated carbocycles. The Bertz CT molecular complexity index is 857. The molecule has 0 aliphatic carbocycles. The van der Waals surface area contributed by atoms with Gasteiger partial charge in [0.2, 0.25) is 0 Å². The zero-order valence-electron chi connectivity index (χ0n) is 13.2. The molecule has 0 N–H and O–H groups in total. The van der Waals surface area contributed by atoms with E-state index in [1.165, 1.54) is 0 Å². The van der Waals surface area contributed by atoms with Crippen LogP contribution < -0.4 is 0 Å². The normalized spacial score (nSPS) is 11.2. The number of esters is 1. The van der Waals surface area contributed by atoms with Gasteiger partial charge in [0.15, 0.2) is 0 Å². The minimum absolute atomic E-state index is 0.340. The Hall–Kier alpha value is -2.81. The van der Waals surface area contributed by atoms with Gasteiger partial charge in [-0.3, -0.25) is 0 Å². The van der Waals surface area contributed by atoms with Crippen LogP contribution >= 0.6 is 0 Å². The number of ether oxygens (including phenoxy) is 1. The summed E-state index contributed by atoms with van der Waals surface area (Å²) in [7, 11) is 0. The third-order valence-corrected chi connectivity index (χ3v) is 3.64. The van der Waals surface area contributed by atoms with Gasteiger partial charge < -0.3 is 9.15 Å². The number of hydrogen-bond acceptors (Lipinski definition) is 3. The van der Waals surface area contributed by atoms with Gasteiger partial charge in [0.05, 0.1) is 6.61 Å². The molecular formula is C20H18O3. The van der Waals surface area contributed by atoms with Crippen LogP contribution in [0.5, 0.6) is 0 Å². The number of fused-ring (bicyclic) bond motifs is 1. The maximum absolute atomic E-state index is 12.1. The van der Waals surface area contributed by atoms with Crippen molar-refractivity contribution in [1.82, 2.24) is 0 Å². The Morgan fingerprint density at radius 3 is 2.57 bits per heavy atom. The second-order valence-corrected chi connectivity index (χ2v) is 5.25. The van der Waals surface area contributed by atoms with E-state index in [2.05, 4.69) is 0 Å². The number of rotatable bonds is 4. The molecule has 0 unspecified atom stereocenters. The van der Waals surface area contributed by atoms with E-state index < -0.39 is 0 Å². The standard InChI is InChI=1S/C20H18O3/c1-3-22-20(21)19-14(2)23-18-12-11-16(13-17(18)19)10-9-15-7-5-4-6-8-15/h4-13H,3H2,1-2H3/b10-9+. The first-order chi connectivity index (χ1) is 11.2. The van der Waals surface area contributed by atoms with Crippen LogP contribution in [0.25, 0.3) is 23.1 Å². The Labute approximate surface area is 135 Å². The van der Waals surface area contributed by atoms with Gasteiger partial charge in [0, 0.05) is 5.39 Å². The number of carbonyl (C=O) groups is 1. The van der Waals surface area contributed by atoms with Crippen LogP contribution in [0.4, 0.5) is 0 Å². The van der Waals surface area contributed by atoms with Crippen LogP contribution in [0.15, 0.2) is 52.9 Å². The number of furan rings is 1. The van der Waals surface area contributed by atoms with Gasteiger partial charge in [0.1, 0.15) is 16.9 Å². The maximum atomic E-state index is 12.1. The van der Waals surface area contributed by atoms with Gasteiger partial charge in [0.25, 0.3) is 0 Å². The van der Waals surface area contributed by atoms with Gasteiger partial charge >= 0.3 is 5.97 Å². The molecule has 0 aliphatic rings. The summed E-state index contributed by atoms with van der Waals surface area (Å²) >= 11 is 0. The Morgan fingerprint density at radius 2 is 1.83 bits per heavy atom. The molecule has 0 bridgehead atoms. The van der Waals surface area contributed by atoms with Gasteiger partial charge in [-0.15, -0.1) is 0 Å². The molecule has 3 rings (SSSR count). The number of benzene rings is 2. The van der Waals surface area contributed by atoms with E-state index in [4.69, 9.17) is 9.15 Å². The Kier molecular flexibility index (Phi) is 4.29. The van der Waals surface area contributed by atoms with E-state index in [0.717, 1.165) is 16.5 Å². The molecule has 0 spiro atoms. The van der Waals surface area contributed by atoms with Crippen LogP contribution in [0, 0.1) is 6.92 Å². The fourth-order valence-corrected chi connectivity index (χ4v) is 2.55. The fourth-order valence-electron chi connectivity index (χ4n) is 2.55. The average Bonchev–Trinajstić information content (AvgIpc) is 2.89. The third kappa shape index (κ3) is 3.19. The lowest BCUT2D eigenvalue weighted by molar-refractivity contribution is 0.0526. The fraction of sp³-hybridized carbons (Fsp3) is 0.150. The lowest BCUT2D eigenvalue weighted by Crippen LogP contribution is -2.05. The molecule has 3 heteroatoms. The monoisotopic (exact) mass is 306 g/mol. The summed E-state index contributed by atoms with van der Waals surface area (Å²) in [4.78, 5) is 12.1. The zero-order valence-corrected chi connectivity index (χ0v) is 13.2. The molecule has 3 nitrogen and oxygen atoms in total. The largest absolute Gasteiger partial charge is 0.462 e. The Balaban J connectivity index is 1.99. The van der Waals surface area contributed by atoms with Gasteiger partial charge in [-0.2, -0.15) is 0 Å². The summed E-state index contributed by atoms with van der Waals surface area (Å²) in [5.41, 5.74) is 3.34. The Morgan fingerprint density at radius 1 is 1.09 bits per heavy atom. The van der Waals surface area contributed by atoms with Crippen molar-refractivity contribution < 1.29 is 13.9 Å². The summed E-state index contributed by atoms with van der Waals surface area (Å²) in [5.74, 6) is 0.246. The van der Waals surface area contributed by atoms with Crippen molar-refractivity contribution in [2.75, 3.05) is 6.61 Å². The first-order valence-corrected chi connectivity index (χ1v) is 7.62. The van der Waals surface area contributed by atoms with Crippen molar-refractivity contribution in [2.45, 2.75) is 13.8 Å². The molecular weight excluding hydrogens is 288 g/mol. The van der Waals surface area contributed by atoms with Crippen molar-refractivity contribution in [3.8, 4) is 0 Å².